The minimum absolute atomic E-state index is 0.118. The van der Waals surface area contributed by atoms with Gasteiger partial charge >= 0.3 is 0 Å². The van der Waals surface area contributed by atoms with E-state index >= 15 is 0 Å². The summed E-state index contributed by atoms with van der Waals surface area (Å²) in [6.07, 6.45) is 4.26. The Kier molecular flexibility index (Phi) is 7.85. The van der Waals surface area contributed by atoms with Gasteiger partial charge in [-0.15, -0.1) is 0 Å². The molecule has 0 aliphatic heterocycles. The van der Waals surface area contributed by atoms with Crippen molar-refractivity contribution in [3.8, 4) is 89.7 Å². The number of pyridine rings is 1. The average Bonchev–Trinajstić information content (AvgIpc) is 4.06. The standard InChI is InChI=1S/C54H37N3/c1-4-14-36(15-5-1)39-25-27-40(28-26-39)49-35-50(43-33-41(37-16-6-2-7-17-37)32-42(34-43)38-18-8-3-9-19-38)57-53(56-49)46-22-13-31-55-52(46)45-21-12-24-48-51(45)44-20-10-11-23-47(44)54(48)29-30-54/h1-28,31-35H,29-30H2. The third kappa shape index (κ3) is 5.79. The van der Waals surface area contributed by atoms with Crippen molar-refractivity contribution >= 4 is 0 Å². The Morgan fingerprint density at radius 2 is 0.842 bits per heavy atom. The van der Waals surface area contributed by atoms with Crippen molar-refractivity contribution in [3.63, 3.8) is 0 Å². The van der Waals surface area contributed by atoms with Crippen LogP contribution in [0.25, 0.3) is 89.7 Å². The Bertz CT molecular complexity index is 2870. The second-order valence-corrected chi connectivity index (χ2v) is 15.2. The fraction of sp³-hybridized carbons (Fsp3) is 0.0556. The summed E-state index contributed by atoms with van der Waals surface area (Å²) in [6, 6.07) is 69.2. The van der Waals surface area contributed by atoms with Crippen LogP contribution in [0.15, 0.2) is 200 Å². The van der Waals surface area contributed by atoms with E-state index < -0.39 is 0 Å². The van der Waals surface area contributed by atoms with Gasteiger partial charge in [-0.05, 0) is 105 Å². The van der Waals surface area contributed by atoms with Gasteiger partial charge in [0.05, 0.1) is 17.1 Å². The topological polar surface area (TPSA) is 38.7 Å². The lowest BCUT2D eigenvalue weighted by atomic mass is 9.91. The lowest BCUT2D eigenvalue weighted by Gasteiger charge is -2.16. The highest BCUT2D eigenvalue weighted by Gasteiger charge is 2.52. The summed E-state index contributed by atoms with van der Waals surface area (Å²) < 4.78 is 0. The summed E-state index contributed by atoms with van der Waals surface area (Å²) in [4.78, 5) is 15.9. The molecule has 0 radical (unpaired) electrons. The number of aromatic nitrogens is 3. The van der Waals surface area contributed by atoms with E-state index in [0.717, 1.165) is 67.2 Å². The highest BCUT2D eigenvalue weighted by atomic mass is 14.9. The van der Waals surface area contributed by atoms with Crippen molar-refractivity contribution in [3.05, 3.63) is 211 Å². The summed E-state index contributed by atoms with van der Waals surface area (Å²) in [5.74, 6) is 0.647. The van der Waals surface area contributed by atoms with E-state index in [1.165, 1.54) is 40.7 Å². The predicted octanol–water partition coefficient (Wildman–Crippen LogP) is 13.6. The van der Waals surface area contributed by atoms with E-state index in [4.69, 9.17) is 15.0 Å². The molecule has 1 fully saturated rings. The highest BCUT2D eigenvalue weighted by Crippen LogP contribution is 2.64. The summed E-state index contributed by atoms with van der Waals surface area (Å²) in [5.41, 5.74) is 19.2. The number of fused-ring (bicyclic) bond motifs is 5. The van der Waals surface area contributed by atoms with Gasteiger partial charge in [0.2, 0.25) is 0 Å². The number of nitrogens with zero attached hydrogens (tertiary/aromatic N) is 3. The van der Waals surface area contributed by atoms with Crippen LogP contribution in [0.3, 0.4) is 0 Å². The number of benzene rings is 7. The first kappa shape index (κ1) is 33.1. The van der Waals surface area contributed by atoms with Crippen molar-refractivity contribution in [2.24, 2.45) is 0 Å². The monoisotopic (exact) mass is 727 g/mol. The van der Waals surface area contributed by atoms with Gasteiger partial charge in [-0.3, -0.25) is 4.98 Å². The molecule has 3 nitrogen and oxygen atoms in total. The molecule has 7 aromatic carbocycles. The Labute approximate surface area is 333 Å². The van der Waals surface area contributed by atoms with Crippen molar-refractivity contribution in [2.75, 3.05) is 0 Å². The molecule has 0 unspecified atom stereocenters. The van der Waals surface area contributed by atoms with E-state index in [1.54, 1.807) is 0 Å². The summed E-state index contributed by atoms with van der Waals surface area (Å²) in [5, 5.41) is 0. The number of hydrogen-bond donors (Lipinski definition) is 0. The summed E-state index contributed by atoms with van der Waals surface area (Å²) >= 11 is 0. The van der Waals surface area contributed by atoms with Crippen molar-refractivity contribution < 1.29 is 0 Å². The maximum absolute atomic E-state index is 5.45. The Morgan fingerprint density at radius 1 is 0.351 bits per heavy atom. The van der Waals surface area contributed by atoms with E-state index in [-0.39, 0.29) is 5.41 Å². The molecule has 268 valence electrons. The van der Waals surface area contributed by atoms with Gasteiger partial charge in [-0.2, -0.15) is 0 Å². The third-order valence-corrected chi connectivity index (χ3v) is 11.8. The van der Waals surface area contributed by atoms with E-state index in [9.17, 15) is 0 Å². The first-order valence-corrected chi connectivity index (χ1v) is 19.7. The minimum Gasteiger partial charge on any atom is -0.255 e. The second-order valence-electron chi connectivity index (χ2n) is 15.2. The Hall–Kier alpha value is -7.23. The molecule has 0 amide bonds. The van der Waals surface area contributed by atoms with Crippen LogP contribution < -0.4 is 0 Å². The van der Waals surface area contributed by atoms with Gasteiger partial charge in [0.25, 0.3) is 0 Å². The van der Waals surface area contributed by atoms with Crippen LogP contribution in [0.1, 0.15) is 24.0 Å². The van der Waals surface area contributed by atoms with Crippen LogP contribution in [0, 0.1) is 0 Å². The fourth-order valence-electron chi connectivity index (χ4n) is 8.86. The molecule has 11 rings (SSSR count). The van der Waals surface area contributed by atoms with Gasteiger partial charge in [0.15, 0.2) is 5.82 Å². The van der Waals surface area contributed by atoms with Crippen LogP contribution in [-0.4, -0.2) is 15.0 Å². The normalized spacial score (nSPS) is 13.3. The van der Waals surface area contributed by atoms with Crippen LogP contribution in [-0.2, 0) is 5.41 Å². The summed E-state index contributed by atoms with van der Waals surface area (Å²) in [7, 11) is 0. The first-order valence-electron chi connectivity index (χ1n) is 19.7. The SMILES string of the molecule is c1ccc(-c2ccc(-c3cc(-c4cc(-c5ccccc5)cc(-c5ccccc5)c4)nc(-c4cccnc4-c4cccc5c4-c4ccccc4C54CC4)n3)cc2)cc1. The molecule has 2 heterocycles. The van der Waals surface area contributed by atoms with Gasteiger partial charge in [0.1, 0.15) is 0 Å². The molecular weight excluding hydrogens is 691 g/mol. The molecule has 2 aliphatic rings. The first-order chi connectivity index (χ1) is 28.2. The maximum Gasteiger partial charge on any atom is 0.162 e. The van der Waals surface area contributed by atoms with Crippen LogP contribution in [0.2, 0.25) is 0 Å². The molecule has 1 saturated carbocycles. The number of rotatable bonds is 7. The second kappa shape index (κ2) is 13.5. The minimum atomic E-state index is 0.118. The lowest BCUT2D eigenvalue weighted by Crippen LogP contribution is -2.03. The molecule has 57 heavy (non-hydrogen) atoms. The quantitative estimate of drug-likeness (QED) is 0.164. The van der Waals surface area contributed by atoms with Crippen molar-refractivity contribution in [2.45, 2.75) is 18.3 Å². The molecule has 0 N–H and O–H groups in total. The molecule has 3 heteroatoms. The van der Waals surface area contributed by atoms with Gasteiger partial charge in [0, 0.05) is 33.9 Å². The number of hydrogen-bond acceptors (Lipinski definition) is 3. The Balaban J connectivity index is 1.12. The zero-order valence-corrected chi connectivity index (χ0v) is 31.3. The molecule has 0 bridgehead atoms. The lowest BCUT2D eigenvalue weighted by molar-refractivity contribution is 0.879. The molecule has 9 aromatic rings. The molecule has 2 aromatic heterocycles. The largest absolute Gasteiger partial charge is 0.255 e. The molecular formula is C54H37N3. The Morgan fingerprint density at radius 3 is 1.49 bits per heavy atom. The fourth-order valence-corrected chi connectivity index (χ4v) is 8.86. The zero-order valence-electron chi connectivity index (χ0n) is 31.3. The highest BCUT2D eigenvalue weighted by molar-refractivity contribution is 5.96. The molecule has 1 spiro atoms. The summed E-state index contributed by atoms with van der Waals surface area (Å²) in [6.45, 7) is 0. The van der Waals surface area contributed by atoms with Crippen LogP contribution in [0.5, 0.6) is 0 Å². The molecule has 0 atom stereocenters. The van der Waals surface area contributed by atoms with Crippen molar-refractivity contribution in [1.29, 1.82) is 0 Å². The smallest absolute Gasteiger partial charge is 0.162 e. The predicted molar refractivity (Wildman–Crippen MR) is 233 cm³/mol. The molecule has 0 saturated heterocycles. The zero-order chi connectivity index (χ0) is 37.8. The van der Waals surface area contributed by atoms with Crippen molar-refractivity contribution in [1.82, 2.24) is 15.0 Å². The van der Waals surface area contributed by atoms with E-state index in [0.29, 0.717) is 5.82 Å². The molecule has 2 aliphatic carbocycles. The van der Waals surface area contributed by atoms with Crippen LogP contribution in [0.4, 0.5) is 0 Å². The maximum atomic E-state index is 5.45. The van der Waals surface area contributed by atoms with Gasteiger partial charge in [-0.25, -0.2) is 9.97 Å². The van der Waals surface area contributed by atoms with E-state index in [2.05, 4.69) is 188 Å². The van der Waals surface area contributed by atoms with Gasteiger partial charge < -0.3 is 0 Å². The third-order valence-electron chi connectivity index (χ3n) is 11.8. The van der Waals surface area contributed by atoms with Crippen LogP contribution >= 0.6 is 0 Å². The van der Waals surface area contributed by atoms with Gasteiger partial charge in [-0.1, -0.05) is 158 Å². The van der Waals surface area contributed by atoms with E-state index in [1.807, 2.05) is 12.3 Å². The average molecular weight is 728 g/mol.